The van der Waals surface area contributed by atoms with Crippen LogP contribution in [0.1, 0.15) is 24.1 Å². The van der Waals surface area contributed by atoms with Crippen LogP contribution < -0.4 is 0 Å². The third-order valence-corrected chi connectivity index (χ3v) is 4.30. The monoisotopic (exact) mass is 313 g/mol. The summed E-state index contributed by atoms with van der Waals surface area (Å²) in [7, 11) is 0. The lowest BCUT2D eigenvalue weighted by atomic mass is 9.94. The Labute approximate surface area is 112 Å². The van der Waals surface area contributed by atoms with Crippen molar-refractivity contribution in [1.82, 2.24) is 4.98 Å². The number of halogens is 3. The molecular weight excluding hydrogens is 305 g/mol. The van der Waals surface area contributed by atoms with Gasteiger partial charge in [-0.2, -0.15) is 0 Å². The van der Waals surface area contributed by atoms with Crippen molar-refractivity contribution in [1.29, 1.82) is 0 Å². The molecule has 1 aliphatic carbocycles. The highest BCUT2D eigenvalue weighted by molar-refractivity contribution is 9.10. The quantitative estimate of drug-likeness (QED) is 0.688. The number of nitrogens with zero attached hydrogens (tertiary/aromatic N) is 1. The number of rotatable bonds is 0. The van der Waals surface area contributed by atoms with Crippen LogP contribution in [0, 0.1) is 5.82 Å². The molecule has 3 rings (SSSR count). The molecule has 1 heterocycles. The summed E-state index contributed by atoms with van der Waals surface area (Å²) in [5, 5.41) is 0.991. The van der Waals surface area contributed by atoms with Gasteiger partial charge in [-0.05, 0) is 59.3 Å². The number of aryl methyl sites for hydroxylation is 1. The predicted octanol–water partition coefficient (Wildman–Crippen LogP) is 4.67. The van der Waals surface area contributed by atoms with Crippen molar-refractivity contribution >= 4 is 38.4 Å². The van der Waals surface area contributed by atoms with Crippen LogP contribution in [-0.2, 0) is 12.8 Å². The maximum absolute atomic E-state index is 13.9. The van der Waals surface area contributed by atoms with Gasteiger partial charge in [-0.25, -0.2) is 4.39 Å². The fourth-order valence-electron chi connectivity index (χ4n) is 2.39. The Kier molecular flexibility index (Phi) is 2.83. The standard InChI is InChI=1S/C13H10BrClFN/c14-8-5-6-9(16)11-12(15)7-3-1-2-4-10(7)17-13(8)11/h5-6H,1-4H2. The Balaban J connectivity index is 2.44. The van der Waals surface area contributed by atoms with Gasteiger partial charge in [-0.1, -0.05) is 11.6 Å². The first-order valence-corrected chi connectivity index (χ1v) is 6.80. The second-order valence-electron chi connectivity index (χ2n) is 4.31. The molecule has 2 aromatic rings. The number of hydrogen-bond donors (Lipinski definition) is 0. The van der Waals surface area contributed by atoms with Crippen molar-refractivity contribution in [2.24, 2.45) is 0 Å². The van der Waals surface area contributed by atoms with Crippen LogP contribution in [0.5, 0.6) is 0 Å². The normalized spacial score (nSPS) is 15.0. The maximum Gasteiger partial charge on any atom is 0.134 e. The van der Waals surface area contributed by atoms with E-state index in [1.165, 1.54) is 6.07 Å². The zero-order chi connectivity index (χ0) is 12.0. The van der Waals surface area contributed by atoms with Gasteiger partial charge in [-0.15, -0.1) is 0 Å². The van der Waals surface area contributed by atoms with Gasteiger partial charge in [0, 0.05) is 10.2 Å². The van der Waals surface area contributed by atoms with Crippen molar-refractivity contribution in [2.75, 3.05) is 0 Å². The fourth-order valence-corrected chi connectivity index (χ4v) is 3.20. The second-order valence-corrected chi connectivity index (χ2v) is 5.54. The largest absolute Gasteiger partial charge is 0.251 e. The van der Waals surface area contributed by atoms with E-state index in [1.54, 1.807) is 6.07 Å². The first-order valence-electron chi connectivity index (χ1n) is 5.63. The summed E-state index contributed by atoms with van der Waals surface area (Å²) in [6, 6.07) is 3.10. The Morgan fingerprint density at radius 2 is 2.00 bits per heavy atom. The van der Waals surface area contributed by atoms with Gasteiger partial charge >= 0.3 is 0 Å². The first-order chi connectivity index (χ1) is 8.18. The van der Waals surface area contributed by atoms with E-state index >= 15 is 0 Å². The van der Waals surface area contributed by atoms with Crippen molar-refractivity contribution in [3.63, 3.8) is 0 Å². The van der Waals surface area contributed by atoms with E-state index in [4.69, 9.17) is 11.6 Å². The third kappa shape index (κ3) is 1.76. The minimum absolute atomic E-state index is 0.297. The SMILES string of the molecule is Fc1ccc(Br)c2nc3c(c(Cl)c12)CCCC3. The summed E-state index contributed by atoms with van der Waals surface area (Å²) in [5.74, 6) is -0.297. The predicted molar refractivity (Wildman–Crippen MR) is 71.1 cm³/mol. The summed E-state index contributed by atoms with van der Waals surface area (Å²) >= 11 is 9.74. The van der Waals surface area contributed by atoms with Crippen LogP contribution in [-0.4, -0.2) is 4.98 Å². The van der Waals surface area contributed by atoms with Gasteiger partial charge in [0.05, 0.1) is 15.9 Å². The molecule has 1 aliphatic rings. The average Bonchev–Trinajstić information content (AvgIpc) is 2.34. The lowest BCUT2D eigenvalue weighted by molar-refractivity contribution is 0.636. The Morgan fingerprint density at radius 1 is 1.24 bits per heavy atom. The summed E-state index contributed by atoms with van der Waals surface area (Å²) in [6.07, 6.45) is 4.08. The van der Waals surface area contributed by atoms with Crippen LogP contribution in [0.15, 0.2) is 16.6 Å². The third-order valence-electron chi connectivity index (χ3n) is 3.25. The molecule has 1 nitrogen and oxygen atoms in total. The molecule has 1 aromatic carbocycles. The first kappa shape index (κ1) is 11.4. The van der Waals surface area contributed by atoms with E-state index in [1.807, 2.05) is 0 Å². The van der Waals surface area contributed by atoms with Gasteiger partial charge in [0.2, 0.25) is 0 Å². The molecule has 0 saturated carbocycles. The van der Waals surface area contributed by atoms with Crippen molar-refractivity contribution in [3.05, 3.63) is 38.7 Å². The van der Waals surface area contributed by atoms with Gasteiger partial charge in [0.1, 0.15) is 5.82 Å². The number of benzene rings is 1. The average molecular weight is 315 g/mol. The number of hydrogen-bond acceptors (Lipinski definition) is 1. The molecule has 0 unspecified atom stereocenters. The second kappa shape index (κ2) is 4.21. The summed E-state index contributed by atoms with van der Waals surface area (Å²) in [4.78, 5) is 4.57. The van der Waals surface area contributed by atoms with E-state index in [9.17, 15) is 4.39 Å². The molecule has 1 aromatic heterocycles. The van der Waals surface area contributed by atoms with Gasteiger partial charge in [0.25, 0.3) is 0 Å². The molecule has 0 atom stereocenters. The van der Waals surface area contributed by atoms with E-state index in [-0.39, 0.29) is 5.82 Å². The molecule has 0 aliphatic heterocycles. The zero-order valence-corrected chi connectivity index (χ0v) is 11.4. The summed E-state index contributed by atoms with van der Waals surface area (Å²) in [6.45, 7) is 0. The van der Waals surface area contributed by atoms with Crippen molar-refractivity contribution in [3.8, 4) is 0 Å². The van der Waals surface area contributed by atoms with Crippen LogP contribution in [0.3, 0.4) is 0 Å². The highest BCUT2D eigenvalue weighted by atomic mass is 79.9. The molecule has 0 saturated heterocycles. The minimum Gasteiger partial charge on any atom is -0.251 e. The van der Waals surface area contributed by atoms with E-state index in [0.29, 0.717) is 15.9 Å². The Hall–Kier alpha value is -0.670. The van der Waals surface area contributed by atoms with E-state index in [0.717, 1.165) is 41.4 Å². The fraction of sp³-hybridized carbons (Fsp3) is 0.308. The molecular formula is C13H10BrClFN. The van der Waals surface area contributed by atoms with Gasteiger partial charge in [0.15, 0.2) is 0 Å². The highest BCUT2D eigenvalue weighted by Gasteiger charge is 2.19. The molecule has 0 spiro atoms. The van der Waals surface area contributed by atoms with E-state index in [2.05, 4.69) is 20.9 Å². The lowest BCUT2D eigenvalue weighted by Gasteiger charge is -2.18. The van der Waals surface area contributed by atoms with Crippen LogP contribution >= 0.6 is 27.5 Å². The smallest absolute Gasteiger partial charge is 0.134 e. The van der Waals surface area contributed by atoms with E-state index < -0.39 is 0 Å². The minimum atomic E-state index is -0.297. The topological polar surface area (TPSA) is 12.9 Å². The molecule has 0 amide bonds. The lowest BCUT2D eigenvalue weighted by Crippen LogP contribution is -2.07. The highest BCUT2D eigenvalue weighted by Crippen LogP contribution is 2.36. The molecule has 0 fully saturated rings. The summed E-state index contributed by atoms with van der Waals surface area (Å²) in [5.41, 5.74) is 2.69. The van der Waals surface area contributed by atoms with Crippen LogP contribution in [0.2, 0.25) is 5.02 Å². The number of aromatic nitrogens is 1. The van der Waals surface area contributed by atoms with Gasteiger partial charge in [-0.3, -0.25) is 4.98 Å². The van der Waals surface area contributed by atoms with Gasteiger partial charge < -0.3 is 0 Å². The summed E-state index contributed by atoms with van der Waals surface area (Å²) < 4.78 is 14.6. The van der Waals surface area contributed by atoms with Crippen LogP contribution in [0.25, 0.3) is 10.9 Å². The zero-order valence-electron chi connectivity index (χ0n) is 9.06. The van der Waals surface area contributed by atoms with Crippen LogP contribution in [0.4, 0.5) is 4.39 Å². The molecule has 17 heavy (non-hydrogen) atoms. The number of pyridine rings is 1. The van der Waals surface area contributed by atoms with Crippen molar-refractivity contribution < 1.29 is 4.39 Å². The molecule has 0 radical (unpaired) electrons. The molecule has 0 bridgehead atoms. The molecule has 4 heteroatoms. The Morgan fingerprint density at radius 3 is 2.82 bits per heavy atom. The molecule has 0 N–H and O–H groups in total. The Bertz CT molecular complexity index is 612. The number of fused-ring (bicyclic) bond motifs is 2. The maximum atomic E-state index is 13.9. The molecule has 88 valence electrons. The van der Waals surface area contributed by atoms with Crippen molar-refractivity contribution in [2.45, 2.75) is 25.7 Å².